The summed E-state index contributed by atoms with van der Waals surface area (Å²) in [6, 6.07) is 16.8. The number of rotatable bonds is 6. The molecule has 0 N–H and O–H groups in total. The molecule has 2 aliphatic rings. The number of hydrogen-bond acceptors (Lipinski definition) is 3. The Morgan fingerprint density at radius 2 is 1.90 bits per heavy atom. The highest BCUT2D eigenvalue weighted by Gasteiger charge is 2.37. The van der Waals surface area contributed by atoms with Crippen molar-refractivity contribution in [1.29, 1.82) is 0 Å². The number of hydrogen-bond donors (Lipinski definition) is 0. The van der Waals surface area contributed by atoms with E-state index in [4.69, 9.17) is 9.72 Å². The summed E-state index contributed by atoms with van der Waals surface area (Å²) >= 11 is 0. The summed E-state index contributed by atoms with van der Waals surface area (Å²) in [6.45, 7) is 4.16. The number of amides is 1. The molecular formula is C26H31N3O2. The van der Waals surface area contributed by atoms with Crippen LogP contribution in [0.4, 0.5) is 0 Å². The van der Waals surface area contributed by atoms with Gasteiger partial charge in [-0.3, -0.25) is 4.79 Å². The number of likely N-dealkylation sites (tertiary alicyclic amines) is 1. The van der Waals surface area contributed by atoms with E-state index in [1.54, 1.807) is 0 Å². The van der Waals surface area contributed by atoms with Crippen molar-refractivity contribution in [2.45, 2.75) is 64.0 Å². The van der Waals surface area contributed by atoms with E-state index in [2.05, 4.69) is 46.7 Å². The van der Waals surface area contributed by atoms with Gasteiger partial charge >= 0.3 is 0 Å². The molecule has 0 bridgehead atoms. The number of aryl methyl sites for hydroxylation is 1. The van der Waals surface area contributed by atoms with Gasteiger partial charge in [0, 0.05) is 24.9 Å². The molecule has 3 aromatic rings. The first-order chi connectivity index (χ1) is 15.2. The Morgan fingerprint density at radius 3 is 2.74 bits per heavy atom. The molecule has 2 aromatic carbocycles. The molecule has 1 amide bonds. The van der Waals surface area contributed by atoms with Crippen LogP contribution in [0, 0.1) is 6.92 Å². The second kappa shape index (κ2) is 8.74. The van der Waals surface area contributed by atoms with E-state index in [1.165, 1.54) is 24.8 Å². The monoisotopic (exact) mass is 417 g/mol. The molecular weight excluding hydrogens is 386 g/mol. The van der Waals surface area contributed by atoms with Crippen molar-refractivity contribution in [3.63, 3.8) is 0 Å². The third-order valence-corrected chi connectivity index (χ3v) is 6.80. The van der Waals surface area contributed by atoms with Crippen LogP contribution in [0.3, 0.4) is 0 Å². The van der Waals surface area contributed by atoms with E-state index in [9.17, 15) is 4.79 Å². The van der Waals surface area contributed by atoms with E-state index in [-0.39, 0.29) is 5.92 Å². The van der Waals surface area contributed by atoms with Crippen molar-refractivity contribution in [3.8, 4) is 5.75 Å². The van der Waals surface area contributed by atoms with Crippen molar-refractivity contribution in [2.24, 2.45) is 0 Å². The van der Waals surface area contributed by atoms with Crippen LogP contribution in [0.2, 0.25) is 0 Å². The first-order valence-corrected chi connectivity index (χ1v) is 11.6. The molecule has 2 fully saturated rings. The Hall–Kier alpha value is -2.82. The lowest BCUT2D eigenvalue weighted by atomic mass is 9.94. The fourth-order valence-electron chi connectivity index (χ4n) is 5.25. The minimum atomic E-state index is 0.154. The number of imidazole rings is 1. The summed E-state index contributed by atoms with van der Waals surface area (Å²) in [5.41, 5.74) is 3.31. The van der Waals surface area contributed by atoms with Crippen molar-refractivity contribution >= 4 is 16.9 Å². The molecule has 1 saturated carbocycles. The molecule has 1 aromatic heterocycles. The van der Waals surface area contributed by atoms with E-state index >= 15 is 0 Å². The van der Waals surface area contributed by atoms with Crippen molar-refractivity contribution < 1.29 is 9.53 Å². The average molecular weight is 418 g/mol. The molecule has 5 heteroatoms. The molecule has 1 atom stereocenters. The number of aromatic nitrogens is 2. The third kappa shape index (κ3) is 4.18. The van der Waals surface area contributed by atoms with Gasteiger partial charge in [0.15, 0.2) is 0 Å². The highest BCUT2D eigenvalue weighted by molar-refractivity contribution is 5.81. The average Bonchev–Trinajstić information content (AvgIpc) is 3.35. The molecule has 2 heterocycles. The van der Waals surface area contributed by atoms with Crippen LogP contribution in [0.15, 0.2) is 48.5 Å². The number of ether oxygens (including phenoxy) is 1. The molecule has 31 heavy (non-hydrogen) atoms. The number of carbonyl (C=O) groups excluding carboxylic acids is 1. The molecule has 5 nitrogen and oxygen atoms in total. The number of nitrogens with zero attached hydrogens (tertiary/aromatic N) is 3. The lowest BCUT2D eigenvalue weighted by Gasteiger charge is -2.31. The van der Waals surface area contributed by atoms with E-state index in [0.717, 1.165) is 48.5 Å². The Morgan fingerprint density at radius 1 is 1.06 bits per heavy atom. The summed E-state index contributed by atoms with van der Waals surface area (Å²) in [5, 5.41) is 0. The maximum atomic E-state index is 12.9. The molecule has 5 rings (SSSR count). The van der Waals surface area contributed by atoms with Crippen molar-refractivity contribution in [1.82, 2.24) is 14.5 Å². The van der Waals surface area contributed by atoms with Crippen LogP contribution in [0.1, 0.15) is 55.8 Å². The van der Waals surface area contributed by atoms with Gasteiger partial charge in [0.05, 0.1) is 17.6 Å². The van der Waals surface area contributed by atoms with Crippen molar-refractivity contribution in [2.75, 3.05) is 13.2 Å². The predicted molar refractivity (Wildman–Crippen MR) is 122 cm³/mol. The summed E-state index contributed by atoms with van der Waals surface area (Å²) in [5.74, 6) is 2.37. The minimum absolute atomic E-state index is 0.154. The van der Waals surface area contributed by atoms with Crippen LogP contribution in [-0.2, 0) is 11.3 Å². The van der Waals surface area contributed by atoms with Gasteiger partial charge in [-0.25, -0.2) is 4.98 Å². The van der Waals surface area contributed by atoms with Crippen LogP contribution in [-0.4, -0.2) is 39.6 Å². The second-order valence-electron chi connectivity index (χ2n) is 9.01. The molecule has 0 radical (unpaired) electrons. The van der Waals surface area contributed by atoms with Gasteiger partial charge in [0.1, 0.15) is 18.2 Å². The van der Waals surface area contributed by atoms with E-state index in [1.807, 2.05) is 18.2 Å². The lowest BCUT2D eigenvalue weighted by molar-refractivity contribution is -0.130. The maximum Gasteiger partial charge on any atom is 0.223 e. The quantitative estimate of drug-likeness (QED) is 0.562. The van der Waals surface area contributed by atoms with Crippen LogP contribution < -0.4 is 4.74 Å². The zero-order valence-electron chi connectivity index (χ0n) is 18.3. The summed E-state index contributed by atoms with van der Waals surface area (Å²) < 4.78 is 8.31. The number of para-hydroxylation sites is 2. The highest BCUT2D eigenvalue weighted by Crippen LogP contribution is 2.34. The maximum absolute atomic E-state index is 12.9. The second-order valence-corrected chi connectivity index (χ2v) is 9.01. The predicted octanol–water partition coefficient (Wildman–Crippen LogP) is 5.07. The van der Waals surface area contributed by atoms with Gasteiger partial charge in [-0.15, -0.1) is 0 Å². The Bertz CT molecular complexity index is 1070. The minimum Gasteiger partial charge on any atom is -0.492 e. The van der Waals surface area contributed by atoms with E-state index in [0.29, 0.717) is 25.0 Å². The highest BCUT2D eigenvalue weighted by atomic mass is 16.5. The smallest absolute Gasteiger partial charge is 0.223 e. The van der Waals surface area contributed by atoms with Gasteiger partial charge in [0.2, 0.25) is 5.91 Å². The largest absolute Gasteiger partial charge is 0.492 e. The fraction of sp³-hybridized carbons (Fsp3) is 0.462. The zero-order valence-corrected chi connectivity index (χ0v) is 18.3. The van der Waals surface area contributed by atoms with Gasteiger partial charge in [-0.2, -0.15) is 0 Å². The van der Waals surface area contributed by atoms with Gasteiger partial charge in [0.25, 0.3) is 0 Å². The first kappa shape index (κ1) is 20.1. The summed E-state index contributed by atoms with van der Waals surface area (Å²) in [4.78, 5) is 20.0. The number of carbonyl (C=O) groups is 1. The van der Waals surface area contributed by atoms with Gasteiger partial charge in [-0.05, 0) is 49.6 Å². The summed E-state index contributed by atoms with van der Waals surface area (Å²) in [7, 11) is 0. The third-order valence-electron chi connectivity index (χ3n) is 6.80. The van der Waals surface area contributed by atoms with Gasteiger partial charge in [-0.1, -0.05) is 43.5 Å². The molecule has 1 saturated heterocycles. The van der Waals surface area contributed by atoms with Crippen LogP contribution in [0.5, 0.6) is 5.75 Å². The molecule has 1 aliphatic carbocycles. The van der Waals surface area contributed by atoms with Crippen LogP contribution >= 0.6 is 0 Å². The first-order valence-electron chi connectivity index (χ1n) is 11.6. The number of benzene rings is 2. The SMILES string of the molecule is Cc1cccc(OCCn2c(C3CC(=O)N(C4CCCCC4)C3)nc3ccccc32)c1. The Kier molecular flexibility index (Phi) is 5.66. The standard InChI is InChI=1S/C26H31N3O2/c1-19-8-7-11-22(16-19)31-15-14-28-24-13-6-5-12-23(24)27-26(28)20-17-25(30)29(18-20)21-9-3-2-4-10-21/h5-8,11-13,16,20-21H,2-4,9-10,14-15,17-18H2,1H3. The lowest BCUT2D eigenvalue weighted by Crippen LogP contribution is -2.37. The molecule has 0 spiro atoms. The summed E-state index contributed by atoms with van der Waals surface area (Å²) in [6.07, 6.45) is 6.66. The number of fused-ring (bicyclic) bond motifs is 1. The molecule has 162 valence electrons. The van der Waals surface area contributed by atoms with Gasteiger partial charge < -0.3 is 14.2 Å². The Balaban J connectivity index is 1.36. The fourth-order valence-corrected chi connectivity index (χ4v) is 5.25. The van der Waals surface area contributed by atoms with E-state index < -0.39 is 0 Å². The van der Waals surface area contributed by atoms with Crippen molar-refractivity contribution in [3.05, 3.63) is 59.9 Å². The molecule has 1 unspecified atom stereocenters. The molecule has 1 aliphatic heterocycles. The van der Waals surface area contributed by atoms with Crippen LogP contribution in [0.25, 0.3) is 11.0 Å². The Labute approximate surface area is 184 Å². The zero-order chi connectivity index (χ0) is 21.2. The topological polar surface area (TPSA) is 47.4 Å². The normalized spacial score (nSPS) is 20.0.